The van der Waals surface area contributed by atoms with Crippen LogP contribution in [0.1, 0.15) is 52.7 Å². The minimum atomic E-state index is -0.250. The summed E-state index contributed by atoms with van der Waals surface area (Å²) in [5.41, 5.74) is 13.4. The first-order valence-electron chi connectivity index (χ1n) is 8.58. The Morgan fingerprint density at radius 1 is 0.963 bits per heavy atom. The molecule has 0 aromatic heterocycles. The summed E-state index contributed by atoms with van der Waals surface area (Å²) in [5.74, 6) is 0.488. The van der Waals surface area contributed by atoms with E-state index in [-0.39, 0.29) is 52.1 Å². The Kier molecular flexibility index (Phi) is 12.0. The van der Waals surface area contributed by atoms with E-state index < -0.39 is 0 Å². The average molecular weight is 438 g/mol. The van der Waals surface area contributed by atoms with Crippen molar-refractivity contribution in [1.82, 2.24) is 0 Å². The van der Waals surface area contributed by atoms with Crippen LogP contribution in [-0.4, -0.2) is 5.54 Å². The van der Waals surface area contributed by atoms with Crippen LogP contribution in [0.15, 0.2) is 53.6 Å². The number of halogens is 2. The van der Waals surface area contributed by atoms with Gasteiger partial charge in [-0.25, -0.2) is 0 Å². The normalized spacial score (nSPS) is 15.7. The number of hydrogen-bond acceptors (Lipinski definition) is 0. The molecule has 0 saturated heterocycles. The zero-order chi connectivity index (χ0) is 18.1. The maximum atomic E-state index is 6.94. The quantitative estimate of drug-likeness (QED) is 0.473. The van der Waals surface area contributed by atoms with Crippen molar-refractivity contribution in [2.24, 2.45) is 5.92 Å². The van der Waals surface area contributed by atoms with Crippen molar-refractivity contribution in [3.05, 3.63) is 77.4 Å². The van der Waals surface area contributed by atoms with Crippen molar-refractivity contribution in [3.63, 3.8) is 0 Å². The molecule has 2 aromatic carbocycles. The molecule has 0 spiro atoms. The Hall–Kier alpha value is -0.696. The van der Waals surface area contributed by atoms with Crippen LogP contribution in [0.2, 0.25) is 0 Å². The van der Waals surface area contributed by atoms with E-state index >= 15 is 0 Å². The fraction of sp³-hybridized carbons (Fsp3) is 0.348. The van der Waals surface area contributed by atoms with Crippen LogP contribution in [0.25, 0.3) is 22.1 Å². The van der Waals surface area contributed by atoms with E-state index in [4.69, 9.17) is 5.73 Å². The SMILES string of the molecule is CC(C)(C)[NH-].[CH2-]c1c(C2=C(C)C(C)=CC2C)ccc2ccccc12.[Cl-].[Cl-].[Ti+2]. The van der Waals surface area contributed by atoms with Gasteiger partial charge in [0, 0.05) is 0 Å². The van der Waals surface area contributed by atoms with Crippen LogP contribution < -0.4 is 24.8 Å². The molecule has 0 heterocycles. The summed E-state index contributed by atoms with van der Waals surface area (Å²) in [7, 11) is 0. The molecule has 1 unspecified atom stereocenters. The third kappa shape index (κ3) is 7.33. The van der Waals surface area contributed by atoms with Crippen LogP contribution >= 0.6 is 0 Å². The molecule has 0 radical (unpaired) electrons. The molecule has 4 heteroatoms. The first-order chi connectivity index (χ1) is 11.1. The van der Waals surface area contributed by atoms with Crippen LogP contribution in [-0.2, 0) is 21.7 Å². The topological polar surface area (TPSA) is 23.8 Å². The summed E-state index contributed by atoms with van der Waals surface area (Å²) >= 11 is 0. The number of fused-ring (bicyclic) bond motifs is 1. The Morgan fingerprint density at radius 3 is 1.96 bits per heavy atom. The summed E-state index contributed by atoms with van der Waals surface area (Å²) in [6.07, 6.45) is 2.35. The second-order valence-corrected chi connectivity index (χ2v) is 7.74. The average Bonchev–Trinajstić information content (AvgIpc) is 2.72. The second kappa shape index (κ2) is 11.3. The van der Waals surface area contributed by atoms with Crippen molar-refractivity contribution in [2.45, 2.75) is 47.1 Å². The fourth-order valence-electron chi connectivity index (χ4n) is 3.17. The summed E-state index contributed by atoms with van der Waals surface area (Å²) in [5, 5.41) is 2.53. The summed E-state index contributed by atoms with van der Waals surface area (Å²) < 4.78 is 0. The zero-order valence-corrected chi connectivity index (χ0v) is 20.2. The van der Waals surface area contributed by atoms with Gasteiger partial charge >= 0.3 is 21.7 Å². The van der Waals surface area contributed by atoms with Gasteiger partial charge in [0.05, 0.1) is 0 Å². The van der Waals surface area contributed by atoms with Crippen molar-refractivity contribution >= 4 is 16.3 Å². The zero-order valence-electron chi connectivity index (χ0n) is 17.1. The minimum Gasteiger partial charge on any atom is -1.00 e. The van der Waals surface area contributed by atoms with Gasteiger partial charge in [-0.05, 0) is 19.8 Å². The molecule has 146 valence electrons. The van der Waals surface area contributed by atoms with Crippen LogP contribution in [0.5, 0.6) is 0 Å². The molecule has 2 aromatic rings. The first kappa shape index (κ1) is 28.5. The third-order valence-electron chi connectivity index (χ3n) is 4.28. The van der Waals surface area contributed by atoms with Gasteiger partial charge in [-0.1, -0.05) is 80.1 Å². The van der Waals surface area contributed by atoms with Gasteiger partial charge in [0.15, 0.2) is 0 Å². The summed E-state index contributed by atoms with van der Waals surface area (Å²) in [6.45, 7) is 16.6. The molecule has 0 saturated carbocycles. The molecule has 3 rings (SSSR count). The number of rotatable bonds is 1. The van der Waals surface area contributed by atoms with Gasteiger partial charge in [-0.3, -0.25) is 0 Å². The van der Waals surface area contributed by atoms with Crippen LogP contribution in [0, 0.1) is 12.8 Å². The maximum absolute atomic E-state index is 6.94. The van der Waals surface area contributed by atoms with Crippen molar-refractivity contribution < 1.29 is 46.5 Å². The number of nitrogens with one attached hydrogen (secondary N) is 1. The predicted octanol–water partition coefficient (Wildman–Crippen LogP) is 1.23. The van der Waals surface area contributed by atoms with E-state index in [1.165, 1.54) is 33.1 Å². The first-order valence-corrected chi connectivity index (χ1v) is 8.58. The molecule has 0 bridgehead atoms. The van der Waals surface area contributed by atoms with Gasteiger partial charge in [0.25, 0.3) is 0 Å². The van der Waals surface area contributed by atoms with Crippen LogP contribution in [0.4, 0.5) is 0 Å². The third-order valence-corrected chi connectivity index (χ3v) is 4.28. The second-order valence-electron chi connectivity index (χ2n) is 7.74. The Morgan fingerprint density at radius 2 is 1.48 bits per heavy atom. The summed E-state index contributed by atoms with van der Waals surface area (Å²) in [4.78, 5) is 0. The van der Waals surface area contributed by atoms with Gasteiger partial charge in [-0.15, -0.1) is 28.6 Å². The van der Waals surface area contributed by atoms with Crippen molar-refractivity contribution in [3.8, 4) is 0 Å². The van der Waals surface area contributed by atoms with Crippen molar-refractivity contribution in [2.75, 3.05) is 0 Å². The monoisotopic (exact) mass is 437 g/mol. The smallest absolute Gasteiger partial charge is 1.00 e. The van der Waals surface area contributed by atoms with Crippen molar-refractivity contribution in [1.29, 1.82) is 0 Å². The molecule has 1 N–H and O–H groups in total. The molecular weight excluding hydrogens is 409 g/mol. The maximum Gasteiger partial charge on any atom is 2.00 e. The van der Waals surface area contributed by atoms with Gasteiger partial charge in [-0.2, -0.15) is 12.5 Å². The number of hydrogen-bond donors (Lipinski definition) is 0. The van der Waals surface area contributed by atoms with Gasteiger partial charge in [0.1, 0.15) is 0 Å². The van der Waals surface area contributed by atoms with Gasteiger partial charge < -0.3 is 30.5 Å². The minimum absolute atomic E-state index is 0. The number of benzene rings is 2. The largest absolute Gasteiger partial charge is 2.00 e. The molecule has 27 heavy (non-hydrogen) atoms. The molecule has 0 amide bonds. The predicted molar refractivity (Wildman–Crippen MR) is 108 cm³/mol. The van der Waals surface area contributed by atoms with Gasteiger partial charge in [0.2, 0.25) is 0 Å². The molecule has 1 aliphatic rings. The fourth-order valence-corrected chi connectivity index (χ4v) is 3.17. The van der Waals surface area contributed by atoms with Crippen LogP contribution in [0.3, 0.4) is 0 Å². The van der Waals surface area contributed by atoms with E-state index in [0.717, 1.165) is 5.56 Å². The van der Waals surface area contributed by atoms with E-state index in [1.54, 1.807) is 0 Å². The Labute approximate surface area is 192 Å². The Bertz CT molecular complexity index is 811. The molecular formula is C23H29Cl2NTi-2. The molecule has 1 atom stereocenters. The molecule has 1 nitrogen and oxygen atoms in total. The molecule has 0 aliphatic heterocycles. The van der Waals surface area contributed by atoms with E-state index in [1.807, 2.05) is 20.8 Å². The standard InChI is InChI=1S/C19H19.C4H10N.2ClH.Ti/c1-12-11-13(2)19(14(12)3)18-10-9-16-7-5-6-8-17(16)15(18)4;1-4(2,3)5;;;/h5-11,13H,4H2,1-3H3;5H,1-3H3;2*1H;/q2*-1;;;+2/p-2. The van der Waals surface area contributed by atoms with E-state index in [2.05, 4.69) is 70.2 Å². The number of allylic oxidation sites excluding steroid dienone is 4. The molecule has 0 fully saturated rings. The Balaban J connectivity index is 0. The summed E-state index contributed by atoms with van der Waals surface area (Å²) in [6, 6.07) is 12.9. The van der Waals surface area contributed by atoms with E-state index in [9.17, 15) is 0 Å². The van der Waals surface area contributed by atoms with E-state index in [0.29, 0.717) is 5.92 Å². The molecule has 1 aliphatic carbocycles.